The van der Waals surface area contributed by atoms with E-state index in [2.05, 4.69) is 20.6 Å². The van der Waals surface area contributed by atoms with Gasteiger partial charge >= 0.3 is 0 Å². The Labute approximate surface area is 107 Å². The van der Waals surface area contributed by atoms with Crippen molar-refractivity contribution in [2.45, 2.75) is 45.1 Å². The van der Waals surface area contributed by atoms with Gasteiger partial charge in [0.1, 0.15) is 11.6 Å². The molecule has 1 unspecified atom stereocenters. The molecule has 2 rings (SSSR count). The Bertz CT molecular complexity index is 435. The maximum absolute atomic E-state index is 11.5. The molecule has 1 fully saturated rings. The quantitative estimate of drug-likeness (QED) is 0.739. The number of aromatic nitrogens is 2. The number of hydrogen-bond acceptors (Lipinski definition) is 4. The lowest BCUT2D eigenvalue weighted by Crippen LogP contribution is -2.24. The van der Waals surface area contributed by atoms with E-state index in [1.54, 1.807) is 0 Å². The summed E-state index contributed by atoms with van der Waals surface area (Å²) in [5.74, 6) is 1.65. The van der Waals surface area contributed by atoms with Crippen molar-refractivity contribution in [1.82, 2.24) is 15.3 Å². The minimum atomic E-state index is -0.0878. The summed E-state index contributed by atoms with van der Waals surface area (Å²) in [6.45, 7) is 6.02. The molecule has 100 valence electrons. The predicted molar refractivity (Wildman–Crippen MR) is 73.1 cm³/mol. The summed E-state index contributed by atoms with van der Waals surface area (Å²) in [4.78, 5) is 18.7. The van der Waals surface area contributed by atoms with Gasteiger partial charge in [-0.25, -0.2) is 4.98 Å². The number of nitrogens with one attached hydrogen (secondary N) is 3. The van der Waals surface area contributed by atoms with E-state index in [0.29, 0.717) is 11.9 Å². The highest BCUT2D eigenvalue weighted by Crippen LogP contribution is 2.11. The van der Waals surface area contributed by atoms with Crippen LogP contribution in [0.15, 0.2) is 10.9 Å². The van der Waals surface area contributed by atoms with Gasteiger partial charge in [-0.05, 0) is 25.8 Å². The highest BCUT2D eigenvalue weighted by atomic mass is 16.1. The molecule has 18 heavy (non-hydrogen) atoms. The number of H-pyrrole nitrogens is 1. The van der Waals surface area contributed by atoms with Crippen molar-refractivity contribution in [3.05, 3.63) is 22.2 Å². The fourth-order valence-electron chi connectivity index (χ4n) is 2.22. The second-order valence-corrected chi connectivity index (χ2v) is 5.18. The van der Waals surface area contributed by atoms with Gasteiger partial charge in [0.05, 0.1) is 0 Å². The van der Waals surface area contributed by atoms with E-state index in [4.69, 9.17) is 0 Å². The molecule has 0 radical (unpaired) electrons. The molecule has 1 aliphatic rings. The number of anilines is 1. The summed E-state index contributed by atoms with van der Waals surface area (Å²) < 4.78 is 0. The minimum Gasteiger partial charge on any atom is -0.370 e. The van der Waals surface area contributed by atoms with E-state index in [0.717, 1.165) is 25.3 Å². The Morgan fingerprint density at radius 2 is 2.39 bits per heavy atom. The Hall–Kier alpha value is -1.36. The molecule has 3 N–H and O–H groups in total. The average molecular weight is 250 g/mol. The molecular formula is C13H22N4O. The van der Waals surface area contributed by atoms with Gasteiger partial charge < -0.3 is 15.6 Å². The molecule has 0 spiro atoms. The fraction of sp³-hybridized carbons (Fsp3) is 0.692. The van der Waals surface area contributed by atoms with Gasteiger partial charge in [0.15, 0.2) is 0 Å². The Kier molecular flexibility index (Phi) is 4.36. The van der Waals surface area contributed by atoms with E-state index in [1.165, 1.54) is 18.9 Å². The van der Waals surface area contributed by atoms with E-state index in [-0.39, 0.29) is 11.5 Å². The molecule has 0 saturated carbocycles. The molecule has 1 saturated heterocycles. The van der Waals surface area contributed by atoms with E-state index in [1.807, 2.05) is 13.8 Å². The standard InChI is InChI=1S/C13H22N4O/c1-9(2)13-16-11(8-12(18)17-13)15-7-5-10-4-3-6-14-10/h8-10,14H,3-7H2,1-2H3,(H2,15,16,17,18). The lowest BCUT2D eigenvalue weighted by molar-refractivity contribution is 0.574. The zero-order chi connectivity index (χ0) is 13.0. The summed E-state index contributed by atoms with van der Waals surface area (Å²) in [5.41, 5.74) is -0.0878. The molecule has 0 bridgehead atoms. The molecule has 1 atom stereocenters. The smallest absolute Gasteiger partial charge is 0.252 e. The highest BCUT2D eigenvalue weighted by Gasteiger charge is 2.13. The van der Waals surface area contributed by atoms with Crippen LogP contribution in [0.4, 0.5) is 5.82 Å². The van der Waals surface area contributed by atoms with Gasteiger partial charge in [-0.15, -0.1) is 0 Å². The lowest BCUT2D eigenvalue weighted by atomic mass is 10.1. The molecule has 5 heteroatoms. The van der Waals surface area contributed by atoms with Crippen LogP contribution in [-0.4, -0.2) is 29.1 Å². The van der Waals surface area contributed by atoms with Crippen LogP contribution in [0.25, 0.3) is 0 Å². The molecule has 1 aliphatic heterocycles. The second kappa shape index (κ2) is 6.00. The van der Waals surface area contributed by atoms with E-state index >= 15 is 0 Å². The van der Waals surface area contributed by atoms with Crippen molar-refractivity contribution >= 4 is 5.82 Å². The van der Waals surface area contributed by atoms with Gasteiger partial charge in [-0.2, -0.15) is 0 Å². The van der Waals surface area contributed by atoms with Crippen LogP contribution in [0, 0.1) is 0 Å². The first kappa shape index (κ1) is 13.1. The maximum Gasteiger partial charge on any atom is 0.252 e. The third kappa shape index (κ3) is 3.57. The fourth-order valence-corrected chi connectivity index (χ4v) is 2.22. The van der Waals surface area contributed by atoms with Crippen LogP contribution in [0.5, 0.6) is 0 Å². The van der Waals surface area contributed by atoms with Crippen LogP contribution in [0.1, 0.15) is 44.9 Å². The topological polar surface area (TPSA) is 69.8 Å². The summed E-state index contributed by atoms with van der Waals surface area (Å²) in [5, 5.41) is 6.69. The monoisotopic (exact) mass is 250 g/mol. The van der Waals surface area contributed by atoms with Crippen LogP contribution in [-0.2, 0) is 0 Å². The average Bonchev–Trinajstić information content (AvgIpc) is 2.81. The number of hydrogen-bond donors (Lipinski definition) is 3. The van der Waals surface area contributed by atoms with Crippen LogP contribution >= 0.6 is 0 Å². The normalized spacial score (nSPS) is 19.4. The molecule has 5 nitrogen and oxygen atoms in total. The highest BCUT2D eigenvalue weighted by molar-refractivity contribution is 5.33. The van der Waals surface area contributed by atoms with Gasteiger partial charge in [0, 0.05) is 24.6 Å². The van der Waals surface area contributed by atoms with Gasteiger partial charge in [0.2, 0.25) is 0 Å². The number of aromatic amines is 1. The van der Waals surface area contributed by atoms with Crippen LogP contribution < -0.4 is 16.2 Å². The minimum absolute atomic E-state index is 0.0878. The Morgan fingerprint density at radius 1 is 1.56 bits per heavy atom. The molecular weight excluding hydrogens is 228 g/mol. The third-order valence-corrected chi connectivity index (χ3v) is 3.27. The van der Waals surface area contributed by atoms with Gasteiger partial charge in [0.25, 0.3) is 5.56 Å². The first-order valence-electron chi connectivity index (χ1n) is 6.73. The SMILES string of the molecule is CC(C)c1nc(NCCC2CCCN2)cc(=O)[nH]1. The zero-order valence-corrected chi connectivity index (χ0v) is 11.1. The van der Waals surface area contributed by atoms with Crippen molar-refractivity contribution < 1.29 is 0 Å². The van der Waals surface area contributed by atoms with Gasteiger partial charge in [-0.3, -0.25) is 4.79 Å². The van der Waals surface area contributed by atoms with Crippen molar-refractivity contribution in [3.8, 4) is 0 Å². The molecule has 0 aromatic carbocycles. The van der Waals surface area contributed by atoms with Crippen LogP contribution in [0.2, 0.25) is 0 Å². The first-order chi connectivity index (χ1) is 8.65. The van der Waals surface area contributed by atoms with Crippen molar-refractivity contribution in [1.29, 1.82) is 0 Å². The summed E-state index contributed by atoms with van der Waals surface area (Å²) in [7, 11) is 0. The molecule has 2 heterocycles. The van der Waals surface area contributed by atoms with Crippen molar-refractivity contribution in [3.63, 3.8) is 0 Å². The second-order valence-electron chi connectivity index (χ2n) is 5.18. The predicted octanol–water partition coefficient (Wildman–Crippen LogP) is 1.45. The molecule has 0 amide bonds. The van der Waals surface area contributed by atoms with Gasteiger partial charge in [-0.1, -0.05) is 13.8 Å². The maximum atomic E-state index is 11.5. The summed E-state index contributed by atoms with van der Waals surface area (Å²) >= 11 is 0. The van der Waals surface area contributed by atoms with Crippen molar-refractivity contribution in [2.24, 2.45) is 0 Å². The number of nitrogens with zero attached hydrogens (tertiary/aromatic N) is 1. The van der Waals surface area contributed by atoms with Crippen molar-refractivity contribution in [2.75, 3.05) is 18.4 Å². The largest absolute Gasteiger partial charge is 0.370 e. The molecule has 1 aromatic heterocycles. The first-order valence-corrected chi connectivity index (χ1v) is 6.73. The Morgan fingerprint density at radius 3 is 3.06 bits per heavy atom. The van der Waals surface area contributed by atoms with E-state index in [9.17, 15) is 4.79 Å². The molecule has 1 aromatic rings. The summed E-state index contributed by atoms with van der Waals surface area (Å²) in [6, 6.07) is 2.14. The third-order valence-electron chi connectivity index (χ3n) is 3.27. The Balaban J connectivity index is 1.90. The van der Waals surface area contributed by atoms with Crippen LogP contribution in [0.3, 0.4) is 0 Å². The van der Waals surface area contributed by atoms with E-state index < -0.39 is 0 Å². The molecule has 0 aliphatic carbocycles. The lowest BCUT2D eigenvalue weighted by Gasteiger charge is -2.12. The summed E-state index contributed by atoms with van der Waals surface area (Å²) in [6.07, 6.45) is 3.60. The number of rotatable bonds is 5. The zero-order valence-electron chi connectivity index (χ0n) is 11.1.